The summed E-state index contributed by atoms with van der Waals surface area (Å²) in [5.41, 5.74) is 7.24. The summed E-state index contributed by atoms with van der Waals surface area (Å²) in [6.07, 6.45) is 1.06. The van der Waals surface area contributed by atoms with Crippen LogP contribution in [-0.4, -0.2) is 38.3 Å². The Kier molecular flexibility index (Phi) is 6.59. The van der Waals surface area contributed by atoms with Gasteiger partial charge in [0.1, 0.15) is 11.5 Å². The zero-order valence-electron chi connectivity index (χ0n) is 12.5. The van der Waals surface area contributed by atoms with Crippen molar-refractivity contribution in [2.75, 3.05) is 27.3 Å². The fourth-order valence-electron chi connectivity index (χ4n) is 2.64. The third-order valence-electron chi connectivity index (χ3n) is 3.94. The predicted molar refractivity (Wildman–Crippen MR) is 83.8 cm³/mol. The highest BCUT2D eigenvalue weighted by Crippen LogP contribution is 2.26. The maximum Gasteiger partial charge on any atom is 0.123 e. The second-order valence-electron chi connectivity index (χ2n) is 5.34. The summed E-state index contributed by atoms with van der Waals surface area (Å²) < 4.78 is 10.7. The molecule has 1 fully saturated rings. The number of nitrogens with zero attached hydrogens (tertiary/aromatic N) is 1. The standard InChI is InChI=1S/C15H24N2O2.ClH/c1-11-9-17(7-6-14(11)16)10-12-8-13(18-2)4-5-15(12)19-3;/h4-5,8,11,14H,6-7,9-10,16H2,1-3H3;1H. The SMILES string of the molecule is COc1ccc(OC)c(CN2CCC(N)C(C)C2)c1.Cl. The van der Waals surface area contributed by atoms with Crippen LogP contribution in [0.3, 0.4) is 0 Å². The average Bonchev–Trinajstić information content (AvgIpc) is 2.43. The van der Waals surface area contributed by atoms with Crippen molar-refractivity contribution in [3.05, 3.63) is 23.8 Å². The second-order valence-corrected chi connectivity index (χ2v) is 5.34. The van der Waals surface area contributed by atoms with Gasteiger partial charge in [0.05, 0.1) is 14.2 Å². The Balaban J connectivity index is 0.00000200. The minimum Gasteiger partial charge on any atom is -0.497 e. The molecule has 1 aromatic carbocycles. The Morgan fingerprint density at radius 3 is 2.65 bits per heavy atom. The van der Waals surface area contributed by atoms with E-state index in [4.69, 9.17) is 15.2 Å². The molecular formula is C15H25ClN2O2. The van der Waals surface area contributed by atoms with E-state index in [2.05, 4.69) is 17.9 Å². The van der Waals surface area contributed by atoms with Crippen molar-refractivity contribution in [1.82, 2.24) is 4.90 Å². The Labute approximate surface area is 127 Å². The third kappa shape index (κ3) is 4.01. The molecule has 1 heterocycles. The van der Waals surface area contributed by atoms with E-state index in [9.17, 15) is 0 Å². The minimum atomic E-state index is 0. The van der Waals surface area contributed by atoms with Gasteiger partial charge in [0.15, 0.2) is 0 Å². The zero-order chi connectivity index (χ0) is 13.8. The van der Waals surface area contributed by atoms with Crippen LogP contribution in [0.4, 0.5) is 0 Å². The van der Waals surface area contributed by atoms with Crippen molar-refractivity contribution in [3.63, 3.8) is 0 Å². The van der Waals surface area contributed by atoms with Gasteiger partial charge in [-0.3, -0.25) is 4.90 Å². The van der Waals surface area contributed by atoms with Gasteiger partial charge in [-0.1, -0.05) is 6.92 Å². The molecule has 0 spiro atoms. The molecule has 1 aliphatic rings. The Hall–Kier alpha value is -0.970. The number of likely N-dealkylation sites (tertiary alicyclic amines) is 1. The summed E-state index contributed by atoms with van der Waals surface area (Å²) in [5.74, 6) is 2.34. The minimum absolute atomic E-state index is 0. The fourth-order valence-corrected chi connectivity index (χ4v) is 2.64. The molecule has 0 bridgehead atoms. The number of nitrogens with two attached hydrogens (primary N) is 1. The molecule has 114 valence electrons. The smallest absolute Gasteiger partial charge is 0.123 e. The summed E-state index contributed by atoms with van der Waals surface area (Å²) in [5, 5.41) is 0. The van der Waals surface area contributed by atoms with Crippen molar-refractivity contribution < 1.29 is 9.47 Å². The van der Waals surface area contributed by atoms with Crippen LogP contribution >= 0.6 is 12.4 Å². The molecule has 4 nitrogen and oxygen atoms in total. The lowest BCUT2D eigenvalue weighted by molar-refractivity contribution is 0.156. The van der Waals surface area contributed by atoms with Crippen LogP contribution in [0.5, 0.6) is 11.5 Å². The Morgan fingerprint density at radius 2 is 2.05 bits per heavy atom. The van der Waals surface area contributed by atoms with E-state index in [1.165, 1.54) is 5.56 Å². The van der Waals surface area contributed by atoms with Crippen molar-refractivity contribution >= 4 is 12.4 Å². The summed E-state index contributed by atoms with van der Waals surface area (Å²) in [7, 11) is 3.40. The number of hydrogen-bond donors (Lipinski definition) is 1. The molecule has 0 amide bonds. The van der Waals surface area contributed by atoms with E-state index in [1.807, 2.05) is 12.1 Å². The first-order valence-corrected chi connectivity index (χ1v) is 6.83. The summed E-state index contributed by atoms with van der Waals surface area (Å²) in [6.45, 7) is 5.20. The molecule has 0 aliphatic carbocycles. The number of hydrogen-bond acceptors (Lipinski definition) is 4. The number of rotatable bonds is 4. The number of methoxy groups -OCH3 is 2. The molecule has 1 aliphatic heterocycles. The number of halogens is 1. The first-order chi connectivity index (χ1) is 9.13. The van der Waals surface area contributed by atoms with E-state index >= 15 is 0 Å². The van der Waals surface area contributed by atoms with Gasteiger partial charge in [-0.2, -0.15) is 0 Å². The number of piperidine rings is 1. The van der Waals surface area contributed by atoms with Crippen molar-refractivity contribution in [2.24, 2.45) is 11.7 Å². The predicted octanol–water partition coefficient (Wildman–Crippen LogP) is 2.29. The number of benzene rings is 1. The lowest BCUT2D eigenvalue weighted by atomic mass is 9.94. The van der Waals surface area contributed by atoms with Gasteiger partial charge >= 0.3 is 0 Å². The highest BCUT2D eigenvalue weighted by atomic mass is 35.5. The van der Waals surface area contributed by atoms with Crippen LogP contribution in [0, 0.1) is 5.92 Å². The maximum absolute atomic E-state index is 6.06. The van der Waals surface area contributed by atoms with Gasteiger partial charge in [0, 0.05) is 24.7 Å². The van der Waals surface area contributed by atoms with E-state index in [0.717, 1.165) is 37.6 Å². The summed E-state index contributed by atoms with van der Waals surface area (Å²) in [6, 6.07) is 6.28. The molecule has 20 heavy (non-hydrogen) atoms. The molecule has 2 atom stereocenters. The first kappa shape index (κ1) is 17.1. The molecule has 2 N–H and O–H groups in total. The van der Waals surface area contributed by atoms with Crippen molar-refractivity contribution in [3.8, 4) is 11.5 Å². The normalized spacial score (nSPS) is 23.0. The molecule has 0 saturated carbocycles. The zero-order valence-corrected chi connectivity index (χ0v) is 13.3. The van der Waals surface area contributed by atoms with Gasteiger partial charge in [-0.25, -0.2) is 0 Å². The van der Waals surface area contributed by atoms with Crippen molar-refractivity contribution in [2.45, 2.75) is 25.9 Å². The third-order valence-corrected chi connectivity index (χ3v) is 3.94. The van der Waals surface area contributed by atoms with Gasteiger partial charge in [-0.05, 0) is 37.1 Å². The molecule has 0 radical (unpaired) electrons. The average molecular weight is 301 g/mol. The first-order valence-electron chi connectivity index (χ1n) is 6.83. The van der Waals surface area contributed by atoms with Crippen LogP contribution in [0.15, 0.2) is 18.2 Å². The van der Waals surface area contributed by atoms with Crippen LogP contribution < -0.4 is 15.2 Å². The topological polar surface area (TPSA) is 47.7 Å². The lowest BCUT2D eigenvalue weighted by Crippen LogP contribution is -2.45. The summed E-state index contributed by atoms with van der Waals surface area (Å²) >= 11 is 0. The largest absolute Gasteiger partial charge is 0.497 e. The highest BCUT2D eigenvalue weighted by Gasteiger charge is 2.23. The quantitative estimate of drug-likeness (QED) is 0.927. The van der Waals surface area contributed by atoms with Crippen LogP contribution in [0.25, 0.3) is 0 Å². The van der Waals surface area contributed by atoms with Crippen LogP contribution in [0.1, 0.15) is 18.9 Å². The molecule has 0 aromatic heterocycles. The van der Waals surface area contributed by atoms with E-state index in [1.54, 1.807) is 14.2 Å². The Bertz CT molecular complexity index is 428. The van der Waals surface area contributed by atoms with Gasteiger partial charge in [-0.15, -0.1) is 12.4 Å². The van der Waals surface area contributed by atoms with E-state index < -0.39 is 0 Å². The number of ether oxygens (including phenoxy) is 2. The molecule has 2 rings (SSSR count). The molecule has 1 saturated heterocycles. The van der Waals surface area contributed by atoms with Crippen LogP contribution in [-0.2, 0) is 6.54 Å². The van der Waals surface area contributed by atoms with Gasteiger partial charge in [0.2, 0.25) is 0 Å². The molecular weight excluding hydrogens is 276 g/mol. The fraction of sp³-hybridized carbons (Fsp3) is 0.600. The molecule has 5 heteroatoms. The molecule has 2 unspecified atom stereocenters. The monoisotopic (exact) mass is 300 g/mol. The Morgan fingerprint density at radius 1 is 1.30 bits per heavy atom. The lowest BCUT2D eigenvalue weighted by Gasteiger charge is -2.35. The van der Waals surface area contributed by atoms with Crippen LogP contribution in [0.2, 0.25) is 0 Å². The van der Waals surface area contributed by atoms with E-state index in [-0.39, 0.29) is 12.4 Å². The van der Waals surface area contributed by atoms with Gasteiger partial charge < -0.3 is 15.2 Å². The highest BCUT2D eigenvalue weighted by molar-refractivity contribution is 5.85. The maximum atomic E-state index is 6.06. The van der Waals surface area contributed by atoms with Crippen molar-refractivity contribution in [1.29, 1.82) is 0 Å². The summed E-state index contributed by atoms with van der Waals surface area (Å²) in [4.78, 5) is 2.44. The second kappa shape index (κ2) is 7.72. The van der Waals surface area contributed by atoms with Gasteiger partial charge in [0.25, 0.3) is 0 Å². The van der Waals surface area contributed by atoms with E-state index in [0.29, 0.717) is 12.0 Å². The molecule has 1 aromatic rings.